The first-order chi connectivity index (χ1) is 19.1. The number of aliphatic hydroxyl groups excluding tert-OH is 2. The number of hydrogen-bond donors (Lipinski definition) is 4. The lowest BCUT2D eigenvalue weighted by Gasteiger charge is -2.22. The number of carbonyl (C=O) groups is 2. The Bertz CT molecular complexity index is 1440. The Morgan fingerprint density at radius 1 is 1.02 bits per heavy atom. The number of nitrogens with zero attached hydrogens (tertiary/aromatic N) is 3. The van der Waals surface area contributed by atoms with Crippen molar-refractivity contribution in [1.82, 2.24) is 25.0 Å². The van der Waals surface area contributed by atoms with Crippen molar-refractivity contribution in [1.29, 1.82) is 0 Å². The Labute approximate surface area is 232 Å². The molecule has 4 N–H and O–H groups in total. The fourth-order valence-electron chi connectivity index (χ4n) is 3.71. The molecule has 2 amide bonds. The molecule has 0 bridgehead atoms. The van der Waals surface area contributed by atoms with Gasteiger partial charge in [-0.15, -0.1) is 5.10 Å². The molecule has 1 aromatic heterocycles. The van der Waals surface area contributed by atoms with Crippen LogP contribution in [0.2, 0.25) is 5.02 Å². The number of hydrogen-bond acceptors (Lipinski definition) is 6. The smallest absolute Gasteiger partial charge is 0.395 e. The second-order valence-electron chi connectivity index (χ2n) is 8.54. The van der Waals surface area contributed by atoms with E-state index in [1.165, 1.54) is 30.3 Å². The van der Waals surface area contributed by atoms with Gasteiger partial charge in [-0.1, -0.05) is 29.8 Å². The number of nitrogens with one attached hydrogen (secondary N) is 2. The van der Waals surface area contributed by atoms with E-state index in [1.54, 1.807) is 0 Å². The first-order valence-electron chi connectivity index (χ1n) is 11.7. The molecule has 0 radical (unpaired) electrons. The second-order valence-corrected chi connectivity index (χ2v) is 8.98. The van der Waals surface area contributed by atoms with Crippen LogP contribution in [0.15, 0.2) is 53.3 Å². The molecule has 2 atom stereocenters. The third-order valence-electron chi connectivity index (χ3n) is 5.61. The van der Waals surface area contributed by atoms with Crippen molar-refractivity contribution in [2.45, 2.75) is 37.6 Å². The minimum Gasteiger partial charge on any atom is -0.395 e. The quantitative estimate of drug-likeness (QED) is 0.260. The third-order valence-corrected chi connectivity index (χ3v) is 5.86. The molecule has 1 unspecified atom stereocenters. The molecule has 0 aliphatic heterocycles. The first kappa shape index (κ1) is 31.6. The van der Waals surface area contributed by atoms with E-state index >= 15 is 0 Å². The molecule has 17 heteroatoms. The van der Waals surface area contributed by atoms with Gasteiger partial charge in [0.2, 0.25) is 11.8 Å². The van der Waals surface area contributed by atoms with Crippen molar-refractivity contribution in [3.8, 4) is 11.4 Å². The highest BCUT2D eigenvalue weighted by molar-refractivity contribution is 6.30. The lowest BCUT2D eigenvalue weighted by atomic mass is 9.99. The first-order valence-corrected chi connectivity index (χ1v) is 12.0. The molecular formula is C24H22ClF6N5O5. The summed E-state index contributed by atoms with van der Waals surface area (Å²) in [4.78, 5) is 38.5. The molecule has 3 aromatic rings. The summed E-state index contributed by atoms with van der Waals surface area (Å²) in [6, 6.07) is 7.30. The van der Waals surface area contributed by atoms with Crippen LogP contribution < -0.4 is 16.3 Å². The van der Waals surface area contributed by atoms with E-state index in [2.05, 4.69) is 15.7 Å². The van der Waals surface area contributed by atoms with E-state index < -0.39 is 72.8 Å². The second kappa shape index (κ2) is 12.7. The van der Waals surface area contributed by atoms with E-state index in [0.717, 1.165) is 12.1 Å². The summed E-state index contributed by atoms with van der Waals surface area (Å²) in [6.07, 6.45) is -13.0. The van der Waals surface area contributed by atoms with E-state index in [9.17, 15) is 45.8 Å². The van der Waals surface area contributed by atoms with Gasteiger partial charge in [0.25, 0.3) is 0 Å². The Morgan fingerprint density at radius 2 is 1.66 bits per heavy atom. The summed E-state index contributed by atoms with van der Waals surface area (Å²) in [5.41, 5.74) is -3.04. The van der Waals surface area contributed by atoms with E-state index in [1.807, 2.05) is 0 Å². The van der Waals surface area contributed by atoms with Gasteiger partial charge in [0.1, 0.15) is 12.6 Å². The number of benzene rings is 2. The molecule has 0 spiro atoms. The minimum atomic E-state index is -5.10. The number of aromatic nitrogens is 3. The van der Waals surface area contributed by atoms with Gasteiger partial charge in [-0.3, -0.25) is 14.2 Å². The topological polar surface area (TPSA) is 138 Å². The van der Waals surface area contributed by atoms with Crippen LogP contribution in [0.3, 0.4) is 0 Å². The zero-order valence-electron chi connectivity index (χ0n) is 20.7. The molecule has 0 saturated carbocycles. The maximum absolute atomic E-state index is 13.6. The number of carbonyl (C=O) groups excluding carboxylic acids is 2. The van der Waals surface area contributed by atoms with E-state index in [4.69, 9.17) is 16.7 Å². The molecule has 10 nitrogen and oxygen atoms in total. The summed E-state index contributed by atoms with van der Waals surface area (Å²) < 4.78 is 80.9. The Hall–Kier alpha value is -3.89. The van der Waals surface area contributed by atoms with Crippen LogP contribution in [0.5, 0.6) is 0 Å². The van der Waals surface area contributed by atoms with Gasteiger partial charge in [0, 0.05) is 17.1 Å². The molecule has 222 valence electrons. The van der Waals surface area contributed by atoms with Crippen LogP contribution in [-0.2, 0) is 28.9 Å². The highest BCUT2D eigenvalue weighted by Gasteiger charge is 2.40. The fraction of sp³-hybridized carbons (Fsp3) is 0.333. The van der Waals surface area contributed by atoms with Crippen molar-refractivity contribution in [2.75, 3.05) is 13.2 Å². The summed E-state index contributed by atoms with van der Waals surface area (Å²) in [5.74, 6) is -2.68. The van der Waals surface area contributed by atoms with Gasteiger partial charge in [0.05, 0.1) is 18.7 Å². The molecule has 1 heterocycles. The lowest BCUT2D eigenvalue weighted by molar-refractivity contribution is -0.207. The van der Waals surface area contributed by atoms with Crippen molar-refractivity contribution in [3.05, 3.63) is 75.2 Å². The standard InChI is InChI=1S/C24H22ClF6N5O5/c25-14-7-5-13(6-8-14)20-34-36(22(41)35(20)11-17(38)24(29,30)31)12-18(39)33-19(21(40)32-9-10-37)15-3-1-2-4-16(15)23(26,27)28/h1-8,17,19,37-38H,9-12H2,(H,32,40)(H,33,39)/t17-,19?/m0/s1. The zero-order chi connectivity index (χ0) is 30.5. The Kier molecular flexibility index (Phi) is 9.83. The Morgan fingerprint density at radius 3 is 2.24 bits per heavy atom. The predicted molar refractivity (Wildman–Crippen MR) is 131 cm³/mol. The summed E-state index contributed by atoms with van der Waals surface area (Å²) in [5, 5.41) is 26.9. The van der Waals surface area contributed by atoms with Crippen molar-refractivity contribution >= 4 is 23.4 Å². The molecular weight excluding hydrogens is 588 g/mol. The maximum atomic E-state index is 13.6. The van der Waals surface area contributed by atoms with Gasteiger partial charge >= 0.3 is 18.0 Å². The largest absolute Gasteiger partial charge is 0.416 e. The summed E-state index contributed by atoms with van der Waals surface area (Å²) in [7, 11) is 0. The molecule has 0 aliphatic carbocycles. The lowest BCUT2D eigenvalue weighted by Crippen LogP contribution is -2.44. The van der Waals surface area contributed by atoms with Crippen LogP contribution in [0.1, 0.15) is 17.2 Å². The van der Waals surface area contributed by atoms with Gasteiger partial charge < -0.3 is 20.8 Å². The van der Waals surface area contributed by atoms with E-state index in [-0.39, 0.29) is 23.0 Å². The summed E-state index contributed by atoms with van der Waals surface area (Å²) in [6.45, 7) is -3.22. The number of halogens is 7. The maximum Gasteiger partial charge on any atom is 0.416 e. The van der Waals surface area contributed by atoms with Crippen LogP contribution in [-0.4, -0.2) is 61.8 Å². The Balaban J connectivity index is 1.99. The minimum absolute atomic E-state index is 0.0976. The molecule has 0 saturated heterocycles. The molecule has 2 aromatic carbocycles. The molecule has 0 aliphatic rings. The highest BCUT2D eigenvalue weighted by atomic mass is 35.5. The van der Waals surface area contributed by atoms with Crippen LogP contribution in [0.25, 0.3) is 11.4 Å². The van der Waals surface area contributed by atoms with Crippen molar-refractivity contribution < 1.29 is 46.1 Å². The van der Waals surface area contributed by atoms with Crippen molar-refractivity contribution in [3.63, 3.8) is 0 Å². The third kappa shape index (κ3) is 7.86. The SMILES string of the molecule is O=C(Cn1nc(-c2ccc(Cl)cc2)n(C[C@H](O)C(F)(F)F)c1=O)NC(C(=O)NCCO)c1ccccc1C(F)(F)F. The predicted octanol–water partition coefficient (Wildman–Crippen LogP) is 2.27. The summed E-state index contributed by atoms with van der Waals surface area (Å²) >= 11 is 5.83. The number of aliphatic hydroxyl groups is 2. The van der Waals surface area contributed by atoms with E-state index in [0.29, 0.717) is 15.3 Å². The van der Waals surface area contributed by atoms with Gasteiger partial charge in [-0.05, 0) is 35.9 Å². The average Bonchev–Trinajstić information content (AvgIpc) is 3.19. The van der Waals surface area contributed by atoms with Gasteiger partial charge in [-0.25, -0.2) is 9.48 Å². The van der Waals surface area contributed by atoms with Crippen LogP contribution in [0.4, 0.5) is 26.3 Å². The fourth-order valence-corrected chi connectivity index (χ4v) is 3.84. The zero-order valence-corrected chi connectivity index (χ0v) is 21.5. The highest BCUT2D eigenvalue weighted by Crippen LogP contribution is 2.34. The van der Waals surface area contributed by atoms with Gasteiger partial charge in [0.15, 0.2) is 11.9 Å². The van der Waals surface area contributed by atoms with Crippen molar-refractivity contribution in [2.24, 2.45) is 0 Å². The normalized spacial score (nSPS) is 13.5. The average molecular weight is 610 g/mol. The van der Waals surface area contributed by atoms with Crippen LogP contribution in [0, 0.1) is 0 Å². The molecule has 41 heavy (non-hydrogen) atoms. The number of amides is 2. The molecule has 3 rings (SSSR count). The monoisotopic (exact) mass is 609 g/mol. The number of rotatable bonds is 10. The molecule has 0 fully saturated rings. The van der Waals surface area contributed by atoms with Gasteiger partial charge in [-0.2, -0.15) is 26.3 Å². The number of alkyl halides is 6. The van der Waals surface area contributed by atoms with Crippen LogP contribution >= 0.6 is 11.6 Å².